The molecule has 12 heteroatoms. The second-order valence-corrected chi connectivity index (χ2v) is 10.9. The summed E-state index contributed by atoms with van der Waals surface area (Å²) in [5.41, 5.74) is -1.01. The van der Waals surface area contributed by atoms with E-state index in [0.717, 1.165) is 11.1 Å². The van der Waals surface area contributed by atoms with E-state index in [4.69, 9.17) is 4.74 Å². The number of benzene rings is 2. The van der Waals surface area contributed by atoms with Gasteiger partial charge >= 0.3 is 12.4 Å². The minimum atomic E-state index is -5.14. The van der Waals surface area contributed by atoms with Crippen molar-refractivity contribution >= 4 is 23.6 Å². The number of allylic oxidation sites excluding steroid dienone is 1. The molecule has 0 unspecified atom stereocenters. The zero-order valence-corrected chi connectivity index (χ0v) is 22.3. The van der Waals surface area contributed by atoms with E-state index >= 15 is 0 Å². The van der Waals surface area contributed by atoms with Crippen LogP contribution in [0.4, 0.5) is 32.0 Å². The fraction of sp³-hybridized carbons (Fsp3) is 0.400. The third kappa shape index (κ3) is 5.57. The lowest BCUT2D eigenvalue weighted by atomic mass is 9.69. The normalized spacial score (nSPS) is 24.9. The van der Waals surface area contributed by atoms with E-state index in [1.807, 2.05) is 13.0 Å². The molecule has 0 saturated carbocycles. The van der Waals surface area contributed by atoms with Gasteiger partial charge in [-0.1, -0.05) is 23.8 Å². The molecule has 1 aliphatic carbocycles. The molecule has 2 heterocycles. The Hall–Kier alpha value is -3.64. The largest absolute Gasteiger partial charge is 0.508 e. The Morgan fingerprint density at radius 3 is 2.17 bits per heavy atom. The maximum Gasteiger partial charge on any atom is 0.416 e. The smallest absolute Gasteiger partial charge is 0.416 e. The molecular weight excluding hydrogens is 568 g/mol. The first kappa shape index (κ1) is 29.8. The van der Waals surface area contributed by atoms with E-state index in [9.17, 15) is 46.1 Å². The number of rotatable bonds is 6. The van der Waals surface area contributed by atoms with Gasteiger partial charge in [-0.25, -0.2) is 4.90 Å². The molecule has 3 aliphatic rings. The number of carbonyl (C=O) groups is 2. The highest BCUT2D eigenvalue weighted by Crippen LogP contribution is 2.51. The van der Waals surface area contributed by atoms with Crippen LogP contribution in [0.15, 0.2) is 59.2 Å². The van der Waals surface area contributed by atoms with Crippen LogP contribution in [0.3, 0.4) is 0 Å². The van der Waals surface area contributed by atoms with E-state index in [-0.39, 0.29) is 24.8 Å². The molecule has 42 heavy (non-hydrogen) atoms. The second kappa shape index (κ2) is 10.9. The monoisotopic (exact) mass is 595 g/mol. The molecule has 2 aliphatic heterocycles. The summed E-state index contributed by atoms with van der Waals surface area (Å²) in [7, 11) is 0. The number of phenolic OH excluding ortho intramolecular Hbond substituents is 1. The molecule has 0 bridgehead atoms. The van der Waals surface area contributed by atoms with Crippen molar-refractivity contribution in [2.75, 3.05) is 18.1 Å². The van der Waals surface area contributed by atoms with Gasteiger partial charge in [0.15, 0.2) is 0 Å². The van der Waals surface area contributed by atoms with Crippen molar-refractivity contribution in [1.82, 2.24) is 0 Å². The first-order valence-corrected chi connectivity index (χ1v) is 13.3. The first-order valence-electron chi connectivity index (χ1n) is 13.3. The molecule has 0 spiro atoms. The van der Waals surface area contributed by atoms with E-state index in [0.29, 0.717) is 41.0 Å². The number of aromatic hydroxyl groups is 1. The highest BCUT2D eigenvalue weighted by Gasteiger charge is 2.57. The number of hydrogen-bond donors (Lipinski definition) is 2. The van der Waals surface area contributed by atoms with Crippen LogP contribution in [0.1, 0.15) is 42.9 Å². The minimum Gasteiger partial charge on any atom is -0.508 e. The number of aliphatic hydroxyl groups excluding tert-OH is 1. The van der Waals surface area contributed by atoms with Crippen LogP contribution in [-0.2, 0) is 26.7 Å². The molecule has 2 amide bonds. The topological polar surface area (TPSA) is 87.1 Å². The van der Waals surface area contributed by atoms with E-state index < -0.39 is 71.4 Å². The number of aliphatic hydroxyl groups is 1. The Bertz CT molecular complexity index is 1430. The van der Waals surface area contributed by atoms with Crippen LogP contribution >= 0.6 is 0 Å². The third-order valence-electron chi connectivity index (χ3n) is 8.14. The molecule has 4 atom stereocenters. The highest BCUT2D eigenvalue weighted by atomic mass is 19.4. The summed E-state index contributed by atoms with van der Waals surface area (Å²) in [5.74, 6) is -4.38. The van der Waals surface area contributed by atoms with Crippen molar-refractivity contribution in [2.24, 2.45) is 17.8 Å². The van der Waals surface area contributed by atoms with Gasteiger partial charge in [-0.05, 0) is 73.2 Å². The summed E-state index contributed by atoms with van der Waals surface area (Å²) in [6.07, 6.45) is -7.82. The van der Waals surface area contributed by atoms with Crippen molar-refractivity contribution in [3.8, 4) is 5.75 Å². The van der Waals surface area contributed by atoms with Gasteiger partial charge in [0, 0.05) is 5.92 Å². The first-order chi connectivity index (χ1) is 19.7. The summed E-state index contributed by atoms with van der Waals surface area (Å²) < 4.78 is 86.9. The second-order valence-electron chi connectivity index (χ2n) is 10.9. The molecule has 2 N–H and O–H groups in total. The van der Waals surface area contributed by atoms with Gasteiger partial charge in [-0.2, -0.15) is 26.3 Å². The number of carbonyl (C=O) groups excluding carboxylic acids is 2. The molecule has 2 aromatic rings. The standard InChI is InChI=1S/C30H27F6NO5/c1-15(8-16-3-5-21(39)6-4-16)2-7-24-25-17(13-38)9-22-26(23(25)14-42-24)28(41)37(27(22)40)20-11-18(29(31,32)33)10-19(12-20)30(34,35)36/h3-6,8,10-12,22-24,26,38-39H,2,7,9,13-14H2,1H3/b15-8+/t22-,23+,24-,26-/m1/s1. The predicted molar refractivity (Wildman–Crippen MR) is 139 cm³/mol. The molecule has 6 nitrogen and oxygen atoms in total. The number of halogens is 6. The number of amides is 2. The van der Waals surface area contributed by atoms with E-state index in [1.54, 1.807) is 24.3 Å². The van der Waals surface area contributed by atoms with Crippen molar-refractivity contribution in [2.45, 2.75) is 44.6 Å². The van der Waals surface area contributed by atoms with Crippen molar-refractivity contribution in [3.63, 3.8) is 0 Å². The molecule has 0 aromatic heterocycles. The fourth-order valence-corrected chi connectivity index (χ4v) is 6.23. The third-order valence-corrected chi connectivity index (χ3v) is 8.14. The number of alkyl halides is 6. The number of nitrogens with zero attached hydrogens (tertiary/aromatic N) is 1. The molecule has 2 saturated heterocycles. The summed E-state index contributed by atoms with van der Waals surface area (Å²) in [6, 6.07) is 7.33. The molecule has 5 rings (SSSR count). The van der Waals surface area contributed by atoms with Crippen LogP contribution < -0.4 is 4.90 Å². The lowest BCUT2D eigenvalue weighted by molar-refractivity contribution is -0.143. The average Bonchev–Trinajstić information content (AvgIpc) is 3.45. The maximum absolute atomic E-state index is 13.6. The van der Waals surface area contributed by atoms with Gasteiger partial charge < -0.3 is 14.9 Å². The van der Waals surface area contributed by atoms with Gasteiger partial charge in [0.2, 0.25) is 11.8 Å². The number of hydrogen-bond acceptors (Lipinski definition) is 5. The highest BCUT2D eigenvalue weighted by molar-refractivity contribution is 6.22. The van der Waals surface area contributed by atoms with Crippen LogP contribution in [0, 0.1) is 17.8 Å². The van der Waals surface area contributed by atoms with Crippen LogP contribution in [0.5, 0.6) is 5.75 Å². The number of ether oxygens (including phenoxy) is 1. The van der Waals surface area contributed by atoms with Gasteiger partial charge in [-0.15, -0.1) is 0 Å². The lowest BCUT2D eigenvalue weighted by Crippen LogP contribution is -2.35. The average molecular weight is 596 g/mol. The Labute approximate surface area is 236 Å². The zero-order valence-electron chi connectivity index (χ0n) is 22.3. The Morgan fingerprint density at radius 2 is 1.60 bits per heavy atom. The van der Waals surface area contributed by atoms with E-state index in [1.165, 1.54) is 0 Å². The zero-order chi connectivity index (χ0) is 30.6. The Balaban J connectivity index is 1.41. The van der Waals surface area contributed by atoms with Gasteiger partial charge in [0.05, 0.1) is 48.0 Å². The van der Waals surface area contributed by atoms with Gasteiger partial charge in [0.25, 0.3) is 0 Å². The molecular formula is C30H27F6NO5. The van der Waals surface area contributed by atoms with Gasteiger partial charge in [-0.3, -0.25) is 9.59 Å². The quantitative estimate of drug-likeness (QED) is 0.239. The minimum absolute atomic E-state index is 0.0225. The molecule has 0 radical (unpaired) electrons. The van der Waals surface area contributed by atoms with Crippen LogP contribution in [-0.4, -0.2) is 41.3 Å². The predicted octanol–water partition coefficient (Wildman–Crippen LogP) is 6.13. The summed E-state index contributed by atoms with van der Waals surface area (Å²) in [6.45, 7) is 1.51. The Kier molecular flexibility index (Phi) is 7.73. The number of imide groups is 1. The van der Waals surface area contributed by atoms with Gasteiger partial charge in [0.1, 0.15) is 5.75 Å². The fourth-order valence-electron chi connectivity index (χ4n) is 6.23. The summed E-state index contributed by atoms with van der Waals surface area (Å²) in [5, 5.41) is 19.6. The number of fused-ring (bicyclic) bond motifs is 3. The summed E-state index contributed by atoms with van der Waals surface area (Å²) in [4.78, 5) is 27.4. The molecule has 224 valence electrons. The SMILES string of the molecule is C/C(=C\c1ccc(O)cc1)CC[C@H]1OC[C@H]2C1=C(CO)C[C@H]1C(=O)N(c3cc(C(F)(F)F)cc(C(F)(F)F)c3)C(=O)[C@H]12. The van der Waals surface area contributed by atoms with Crippen LogP contribution in [0.25, 0.3) is 6.08 Å². The molecule has 2 fully saturated rings. The number of phenols is 1. The van der Waals surface area contributed by atoms with Crippen molar-refractivity contribution in [3.05, 3.63) is 75.9 Å². The van der Waals surface area contributed by atoms with Crippen LogP contribution in [0.2, 0.25) is 0 Å². The lowest BCUT2D eigenvalue weighted by Gasteiger charge is -2.31. The van der Waals surface area contributed by atoms with Crippen molar-refractivity contribution < 1.29 is 50.9 Å². The van der Waals surface area contributed by atoms with E-state index in [2.05, 4.69) is 0 Å². The molecule has 2 aromatic carbocycles. The Morgan fingerprint density at radius 1 is 0.976 bits per heavy atom. The maximum atomic E-state index is 13.6. The number of anilines is 1. The van der Waals surface area contributed by atoms with Crippen molar-refractivity contribution in [1.29, 1.82) is 0 Å². The summed E-state index contributed by atoms with van der Waals surface area (Å²) >= 11 is 0.